The molecule has 156 valence electrons. The predicted octanol–water partition coefficient (Wildman–Crippen LogP) is 4.27. The summed E-state index contributed by atoms with van der Waals surface area (Å²) in [4.78, 5) is 24.4. The Morgan fingerprint density at radius 2 is 1.87 bits per heavy atom. The smallest absolute Gasteiger partial charge is 0.323 e. The van der Waals surface area contributed by atoms with Crippen LogP contribution in [0, 0.1) is 11.2 Å². The molecule has 2 aromatic carbocycles. The van der Waals surface area contributed by atoms with Gasteiger partial charge < -0.3 is 9.67 Å². The van der Waals surface area contributed by atoms with Gasteiger partial charge in [-0.05, 0) is 37.0 Å². The number of carboxylic acid groups (broad SMARTS) is 1. The summed E-state index contributed by atoms with van der Waals surface area (Å²) in [5.74, 6) is -2.19. The van der Waals surface area contributed by atoms with E-state index in [0.29, 0.717) is 19.3 Å². The van der Waals surface area contributed by atoms with Crippen LogP contribution >= 0.6 is 0 Å². The Balaban J connectivity index is 1.65. The van der Waals surface area contributed by atoms with Gasteiger partial charge in [0.05, 0.1) is 12.0 Å². The number of fused-ring (bicyclic) bond motifs is 3. The number of carbonyl (C=O) groups is 2. The topological polar surface area (TPSA) is 62.5 Å². The lowest BCUT2D eigenvalue weighted by Crippen LogP contribution is -2.42. The normalized spacial score (nSPS) is 18.2. The van der Waals surface area contributed by atoms with E-state index in [-0.39, 0.29) is 17.2 Å². The van der Waals surface area contributed by atoms with Crippen molar-refractivity contribution in [1.82, 2.24) is 9.69 Å². The van der Waals surface area contributed by atoms with Gasteiger partial charge in [-0.3, -0.25) is 9.59 Å². The van der Waals surface area contributed by atoms with Gasteiger partial charge >= 0.3 is 5.97 Å². The molecule has 1 N–H and O–H groups in total. The highest BCUT2D eigenvalue weighted by Crippen LogP contribution is 2.41. The molecule has 1 amide bonds. The first-order valence-corrected chi connectivity index (χ1v) is 9.82. The molecule has 4 rings (SSSR count). The van der Waals surface area contributed by atoms with Crippen molar-refractivity contribution in [2.24, 2.45) is 5.41 Å². The average molecular weight is 412 g/mol. The van der Waals surface area contributed by atoms with Gasteiger partial charge in [0.15, 0.2) is 0 Å². The summed E-state index contributed by atoms with van der Waals surface area (Å²) in [7, 11) is 0. The van der Waals surface area contributed by atoms with E-state index in [4.69, 9.17) is 0 Å². The number of halogens is 2. The first-order valence-electron chi connectivity index (χ1n) is 9.82. The molecule has 1 unspecified atom stereocenters. The van der Waals surface area contributed by atoms with Crippen molar-refractivity contribution in [2.45, 2.75) is 39.3 Å². The maximum atomic E-state index is 14.8. The fourth-order valence-electron chi connectivity index (χ4n) is 4.42. The minimum atomic E-state index is -0.995. The van der Waals surface area contributed by atoms with Gasteiger partial charge in [0.25, 0.3) is 5.91 Å². The van der Waals surface area contributed by atoms with E-state index in [1.807, 2.05) is 24.3 Å². The Hall–Kier alpha value is -3.22. The fourth-order valence-corrected chi connectivity index (χ4v) is 4.42. The van der Waals surface area contributed by atoms with Crippen LogP contribution < -0.4 is 0 Å². The Labute approximate surface area is 172 Å². The zero-order valence-electron chi connectivity index (χ0n) is 16.6. The Bertz CT molecular complexity index is 1140. The van der Waals surface area contributed by atoms with E-state index in [1.54, 1.807) is 17.6 Å². The molecule has 3 aromatic rings. The highest BCUT2D eigenvalue weighted by Gasteiger charge is 2.42. The second-order valence-electron chi connectivity index (χ2n) is 8.08. The Morgan fingerprint density at radius 1 is 1.17 bits per heavy atom. The van der Waals surface area contributed by atoms with Crippen molar-refractivity contribution in [1.29, 1.82) is 0 Å². The minimum absolute atomic E-state index is 0.0971. The quantitative estimate of drug-likeness (QED) is 0.637. The number of amides is 1. The molecule has 0 saturated heterocycles. The first kappa shape index (κ1) is 20.1. The summed E-state index contributed by atoms with van der Waals surface area (Å²) in [6, 6.07) is 13.3. The molecule has 5 nitrogen and oxygen atoms in total. The van der Waals surface area contributed by atoms with Crippen molar-refractivity contribution < 1.29 is 23.6 Å². The highest BCUT2D eigenvalue weighted by atomic mass is 19.2. The Morgan fingerprint density at radius 3 is 2.60 bits per heavy atom. The number of hydrogen-bond acceptors (Lipinski definition) is 2. The molecule has 0 aliphatic heterocycles. The van der Waals surface area contributed by atoms with Crippen LogP contribution in [0.2, 0.25) is 0 Å². The summed E-state index contributed by atoms with van der Waals surface area (Å²) >= 11 is 0. The molecular weight excluding hydrogens is 390 g/mol. The highest BCUT2D eigenvalue weighted by molar-refractivity contribution is 5.89. The second kappa shape index (κ2) is 7.55. The van der Waals surface area contributed by atoms with Crippen LogP contribution in [0.5, 0.6) is 0 Å². The zero-order chi connectivity index (χ0) is 21.5. The summed E-state index contributed by atoms with van der Waals surface area (Å²) in [5, 5.41) is 10.3. The van der Waals surface area contributed by atoms with Gasteiger partial charge in [-0.25, -0.2) is 4.39 Å². The van der Waals surface area contributed by atoms with Crippen LogP contribution in [0.15, 0.2) is 48.5 Å². The van der Waals surface area contributed by atoms with Crippen LogP contribution in [-0.4, -0.2) is 26.7 Å². The molecule has 0 spiro atoms. The van der Waals surface area contributed by atoms with E-state index in [2.05, 4.69) is 0 Å². The summed E-state index contributed by atoms with van der Waals surface area (Å²) in [5.41, 5.74) is 1.68. The average Bonchev–Trinajstić information content (AvgIpc) is 3.01. The predicted molar refractivity (Wildman–Crippen MR) is 108 cm³/mol. The molecule has 0 bridgehead atoms. The zero-order valence-corrected chi connectivity index (χ0v) is 16.6. The summed E-state index contributed by atoms with van der Waals surface area (Å²) in [6.07, 6.45) is 1.14. The molecule has 1 heterocycles. The van der Waals surface area contributed by atoms with E-state index < -0.39 is 29.7 Å². The molecule has 0 radical (unpaired) electrons. The van der Waals surface area contributed by atoms with E-state index in [1.165, 1.54) is 18.2 Å². The number of hydrogen-bond donors (Lipinski definition) is 1. The van der Waals surface area contributed by atoms with E-state index >= 15 is 0 Å². The molecule has 1 aromatic heterocycles. The first-order chi connectivity index (χ1) is 14.3. The van der Waals surface area contributed by atoms with Gasteiger partial charge in [-0.1, -0.05) is 47.8 Å². The molecule has 1 aliphatic carbocycles. The number of carbonyl (C=O) groups excluding carboxylic acids is 1. The molecule has 0 fully saturated rings. The Kier molecular flexibility index (Phi) is 5.05. The maximum Gasteiger partial charge on any atom is 0.323 e. The second-order valence-corrected chi connectivity index (χ2v) is 8.08. The van der Waals surface area contributed by atoms with Gasteiger partial charge in [0.2, 0.25) is 0 Å². The summed E-state index contributed by atoms with van der Waals surface area (Å²) < 4.78 is 30.4. The van der Waals surface area contributed by atoms with Gasteiger partial charge in [0.1, 0.15) is 12.4 Å². The maximum absolute atomic E-state index is 14.8. The number of carboxylic acids is 1. The van der Waals surface area contributed by atoms with Crippen molar-refractivity contribution in [3.8, 4) is 0 Å². The fraction of sp³-hybridized carbons (Fsp3) is 0.304. The SMILES string of the molecule is CC1(C(=O)N(F)Cc2ccccc2F)CCc2c(c3ccccc3n2CC(=O)O)C1. The lowest BCUT2D eigenvalue weighted by molar-refractivity contribution is -0.159. The van der Waals surface area contributed by atoms with Crippen molar-refractivity contribution in [3.05, 3.63) is 71.2 Å². The van der Waals surface area contributed by atoms with Crippen LogP contribution in [0.25, 0.3) is 10.9 Å². The van der Waals surface area contributed by atoms with Gasteiger partial charge in [-0.15, -0.1) is 0 Å². The molecule has 1 atom stereocenters. The number of benzene rings is 2. The lowest BCUT2D eigenvalue weighted by atomic mass is 9.73. The minimum Gasteiger partial charge on any atom is -0.480 e. The summed E-state index contributed by atoms with van der Waals surface area (Å²) in [6.45, 7) is 1.10. The largest absolute Gasteiger partial charge is 0.480 e. The molecular formula is C23H22F2N2O3. The van der Waals surface area contributed by atoms with E-state index in [9.17, 15) is 23.6 Å². The molecule has 0 saturated carbocycles. The number of nitrogens with zero attached hydrogens (tertiary/aromatic N) is 2. The van der Waals surface area contributed by atoms with Crippen LogP contribution in [0.1, 0.15) is 30.2 Å². The third-order valence-corrected chi connectivity index (χ3v) is 5.97. The van der Waals surface area contributed by atoms with Crippen LogP contribution in [-0.2, 0) is 35.5 Å². The number of para-hydroxylation sites is 1. The van der Waals surface area contributed by atoms with Crippen molar-refractivity contribution >= 4 is 22.8 Å². The van der Waals surface area contributed by atoms with Crippen molar-refractivity contribution in [3.63, 3.8) is 0 Å². The number of aromatic nitrogens is 1. The third-order valence-electron chi connectivity index (χ3n) is 5.97. The lowest BCUT2D eigenvalue weighted by Gasteiger charge is -2.34. The standard InChI is InChI=1S/C23H22F2N2O3/c1-23(22(30)27(25)13-15-6-2-4-8-18(15)24)11-10-20-17(12-23)16-7-3-5-9-19(16)26(20)14-21(28)29/h2-9H,10-14H2,1H3,(H,28,29). The van der Waals surface area contributed by atoms with Gasteiger partial charge in [-0.2, -0.15) is 5.12 Å². The number of rotatable bonds is 5. The third kappa shape index (κ3) is 3.44. The van der Waals surface area contributed by atoms with Gasteiger partial charge in [0, 0.05) is 22.2 Å². The molecule has 7 heteroatoms. The number of aliphatic carboxylic acids is 1. The van der Waals surface area contributed by atoms with Crippen molar-refractivity contribution in [2.75, 3.05) is 0 Å². The van der Waals surface area contributed by atoms with Crippen LogP contribution in [0.3, 0.4) is 0 Å². The molecule has 30 heavy (non-hydrogen) atoms. The van der Waals surface area contributed by atoms with Crippen LogP contribution in [0.4, 0.5) is 8.87 Å². The monoisotopic (exact) mass is 412 g/mol. The molecule has 1 aliphatic rings. The van der Waals surface area contributed by atoms with E-state index in [0.717, 1.165) is 22.2 Å².